The minimum atomic E-state index is -0.623. The molecule has 5 rings (SSSR count). The number of nitrogens with zero attached hydrogens (tertiary/aromatic N) is 2. The molecule has 0 aliphatic carbocycles. The lowest BCUT2D eigenvalue weighted by Gasteiger charge is -2.35. The lowest BCUT2D eigenvalue weighted by atomic mass is 10.0. The molecule has 1 saturated heterocycles. The van der Waals surface area contributed by atoms with Gasteiger partial charge in [-0.3, -0.25) is 9.36 Å². The van der Waals surface area contributed by atoms with Crippen LogP contribution in [-0.2, 0) is 4.79 Å². The standard InChI is InChI=1S/C21H21N3O4/c25-20(19-13-27-17-7-3-4-8-18(17)28-19)23-11-9-14(10-12-23)24-16-6-2-1-5-15(16)22-21(24)26/h1-8,14,19H,9-13H2,(H,22,26)/t19-/m0/s1. The number of benzene rings is 2. The molecular weight excluding hydrogens is 358 g/mol. The van der Waals surface area contributed by atoms with Crippen LogP contribution >= 0.6 is 0 Å². The number of fused-ring (bicyclic) bond motifs is 2. The van der Waals surface area contributed by atoms with Crippen molar-refractivity contribution in [2.24, 2.45) is 0 Å². The highest BCUT2D eigenvalue weighted by Crippen LogP contribution is 2.32. The minimum absolute atomic E-state index is 0.0563. The Balaban J connectivity index is 1.28. The second-order valence-corrected chi connectivity index (χ2v) is 7.24. The van der Waals surface area contributed by atoms with Gasteiger partial charge in [0.1, 0.15) is 6.61 Å². The summed E-state index contributed by atoms with van der Waals surface area (Å²) in [6, 6.07) is 15.2. The van der Waals surface area contributed by atoms with E-state index in [9.17, 15) is 9.59 Å². The van der Waals surface area contributed by atoms with E-state index < -0.39 is 6.10 Å². The van der Waals surface area contributed by atoms with Gasteiger partial charge in [-0.2, -0.15) is 0 Å². The molecule has 0 spiro atoms. The fourth-order valence-corrected chi connectivity index (χ4v) is 4.13. The van der Waals surface area contributed by atoms with Crippen LogP contribution in [0.3, 0.4) is 0 Å². The first-order chi connectivity index (χ1) is 13.7. The number of carbonyl (C=O) groups excluding carboxylic acids is 1. The van der Waals surface area contributed by atoms with Gasteiger partial charge in [-0.1, -0.05) is 24.3 Å². The normalized spacial score (nSPS) is 19.7. The first kappa shape index (κ1) is 16.9. The van der Waals surface area contributed by atoms with Crippen LogP contribution in [0.15, 0.2) is 53.3 Å². The highest BCUT2D eigenvalue weighted by molar-refractivity contribution is 5.82. The Bertz CT molecular complexity index is 1080. The molecule has 7 nitrogen and oxygen atoms in total. The molecule has 3 aromatic rings. The zero-order chi connectivity index (χ0) is 19.1. The molecule has 2 aliphatic heterocycles. The molecule has 1 atom stereocenters. The lowest BCUT2D eigenvalue weighted by Crippen LogP contribution is -2.49. The Labute approximate surface area is 161 Å². The molecule has 0 bridgehead atoms. The topological polar surface area (TPSA) is 76.6 Å². The SMILES string of the molecule is O=C([C@@H]1COc2ccccc2O1)N1CCC(n2c(=O)[nH]c3ccccc32)CC1. The van der Waals surface area contributed by atoms with Crippen LogP contribution < -0.4 is 15.2 Å². The van der Waals surface area contributed by atoms with Crippen molar-refractivity contribution in [3.63, 3.8) is 0 Å². The largest absolute Gasteiger partial charge is 0.485 e. The Morgan fingerprint density at radius 3 is 2.54 bits per heavy atom. The maximum absolute atomic E-state index is 12.9. The van der Waals surface area contributed by atoms with Gasteiger partial charge in [0.15, 0.2) is 11.5 Å². The summed E-state index contributed by atoms with van der Waals surface area (Å²) in [5.74, 6) is 1.22. The minimum Gasteiger partial charge on any atom is -0.485 e. The van der Waals surface area contributed by atoms with Gasteiger partial charge in [-0.25, -0.2) is 4.79 Å². The number of aromatic nitrogens is 2. The molecule has 1 fully saturated rings. The second kappa shape index (κ2) is 6.74. The lowest BCUT2D eigenvalue weighted by molar-refractivity contribution is -0.142. The van der Waals surface area contributed by atoms with E-state index in [1.807, 2.05) is 58.0 Å². The van der Waals surface area contributed by atoms with Crippen molar-refractivity contribution in [1.82, 2.24) is 14.5 Å². The number of likely N-dealkylation sites (tertiary alicyclic amines) is 1. The zero-order valence-electron chi connectivity index (χ0n) is 15.3. The summed E-state index contributed by atoms with van der Waals surface area (Å²) in [6.45, 7) is 1.41. The van der Waals surface area contributed by atoms with Crippen molar-refractivity contribution in [3.05, 3.63) is 59.0 Å². The van der Waals surface area contributed by atoms with Gasteiger partial charge in [-0.05, 0) is 37.1 Å². The van der Waals surface area contributed by atoms with E-state index in [4.69, 9.17) is 9.47 Å². The number of piperidine rings is 1. The summed E-state index contributed by atoms with van der Waals surface area (Å²) in [5.41, 5.74) is 1.67. The van der Waals surface area contributed by atoms with Crippen LogP contribution in [0.4, 0.5) is 0 Å². The first-order valence-corrected chi connectivity index (χ1v) is 9.57. The van der Waals surface area contributed by atoms with E-state index in [1.165, 1.54) is 0 Å². The monoisotopic (exact) mass is 379 g/mol. The Morgan fingerprint density at radius 1 is 1.00 bits per heavy atom. The summed E-state index contributed by atoms with van der Waals surface area (Å²) in [4.78, 5) is 30.0. The number of carbonyl (C=O) groups is 1. The summed E-state index contributed by atoms with van der Waals surface area (Å²) < 4.78 is 13.3. The summed E-state index contributed by atoms with van der Waals surface area (Å²) >= 11 is 0. The first-order valence-electron chi connectivity index (χ1n) is 9.57. The molecule has 0 radical (unpaired) electrons. The van der Waals surface area contributed by atoms with Gasteiger partial charge in [-0.15, -0.1) is 0 Å². The molecule has 1 N–H and O–H groups in total. The molecule has 1 amide bonds. The number of para-hydroxylation sites is 4. The summed E-state index contributed by atoms with van der Waals surface area (Å²) in [5, 5.41) is 0. The van der Waals surface area contributed by atoms with Gasteiger partial charge in [0.05, 0.1) is 11.0 Å². The third kappa shape index (κ3) is 2.83. The number of nitrogens with one attached hydrogen (secondary N) is 1. The molecule has 28 heavy (non-hydrogen) atoms. The molecular formula is C21H21N3O4. The second-order valence-electron chi connectivity index (χ2n) is 7.24. The molecule has 0 unspecified atom stereocenters. The van der Waals surface area contributed by atoms with E-state index in [1.54, 1.807) is 0 Å². The molecule has 2 aromatic carbocycles. The Kier molecular flexibility index (Phi) is 4.07. The van der Waals surface area contributed by atoms with Gasteiger partial charge in [0.25, 0.3) is 5.91 Å². The van der Waals surface area contributed by atoms with Crippen molar-refractivity contribution in [1.29, 1.82) is 0 Å². The number of imidazole rings is 1. The smallest absolute Gasteiger partial charge is 0.326 e. The predicted octanol–water partition coefficient (Wildman–Crippen LogP) is 2.33. The van der Waals surface area contributed by atoms with Crippen LogP contribution in [0.2, 0.25) is 0 Å². The van der Waals surface area contributed by atoms with Crippen molar-refractivity contribution in [2.45, 2.75) is 25.0 Å². The van der Waals surface area contributed by atoms with E-state index in [0.29, 0.717) is 24.6 Å². The number of hydrogen-bond donors (Lipinski definition) is 1. The number of rotatable bonds is 2. The highest BCUT2D eigenvalue weighted by Gasteiger charge is 2.33. The molecule has 2 aliphatic rings. The maximum Gasteiger partial charge on any atom is 0.326 e. The molecule has 0 saturated carbocycles. The van der Waals surface area contributed by atoms with Crippen molar-refractivity contribution >= 4 is 16.9 Å². The zero-order valence-corrected chi connectivity index (χ0v) is 15.3. The van der Waals surface area contributed by atoms with Gasteiger partial charge < -0.3 is 19.4 Å². The summed E-state index contributed by atoms with van der Waals surface area (Å²) in [7, 11) is 0. The van der Waals surface area contributed by atoms with Gasteiger partial charge >= 0.3 is 5.69 Å². The highest BCUT2D eigenvalue weighted by atomic mass is 16.6. The van der Waals surface area contributed by atoms with Crippen LogP contribution in [0, 0.1) is 0 Å². The van der Waals surface area contributed by atoms with Crippen LogP contribution in [0.1, 0.15) is 18.9 Å². The van der Waals surface area contributed by atoms with Crippen LogP contribution in [-0.4, -0.2) is 46.2 Å². The number of ether oxygens (including phenoxy) is 2. The average molecular weight is 379 g/mol. The van der Waals surface area contributed by atoms with E-state index >= 15 is 0 Å². The molecule has 144 valence electrons. The molecule has 1 aromatic heterocycles. The fourth-order valence-electron chi connectivity index (χ4n) is 4.13. The van der Waals surface area contributed by atoms with E-state index in [2.05, 4.69) is 4.98 Å². The van der Waals surface area contributed by atoms with Crippen molar-refractivity contribution in [2.75, 3.05) is 19.7 Å². The van der Waals surface area contributed by atoms with E-state index in [-0.39, 0.29) is 24.2 Å². The average Bonchev–Trinajstić information content (AvgIpc) is 3.08. The fraction of sp³-hybridized carbons (Fsp3) is 0.333. The summed E-state index contributed by atoms with van der Waals surface area (Å²) in [6.07, 6.45) is 0.845. The number of hydrogen-bond acceptors (Lipinski definition) is 4. The van der Waals surface area contributed by atoms with Crippen LogP contribution in [0.25, 0.3) is 11.0 Å². The number of aromatic amines is 1. The Hall–Kier alpha value is -3.22. The predicted molar refractivity (Wildman–Crippen MR) is 104 cm³/mol. The quantitative estimate of drug-likeness (QED) is 0.741. The number of amides is 1. The van der Waals surface area contributed by atoms with Crippen LogP contribution in [0.5, 0.6) is 11.5 Å². The van der Waals surface area contributed by atoms with Crippen molar-refractivity contribution < 1.29 is 14.3 Å². The number of H-pyrrole nitrogens is 1. The van der Waals surface area contributed by atoms with E-state index in [0.717, 1.165) is 23.9 Å². The third-order valence-corrected chi connectivity index (χ3v) is 5.55. The Morgan fingerprint density at radius 2 is 1.71 bits per heavy atom. The third-order valence-electron chi connectivity index (χ3n) is 5.55. The molecule has 7 heteroatoms. The van der Waals surface area contributed by atoms with Crippen molar-refractivity contribution in [3.8, 4) is 11.5 Å². The van der Waals surface area contributed by atoms with Gasteiger partial charge in [0, 0.05) is 19.1 Å². The van der Waals surface area contributed by atoms with Gasteiger partial charge in [0.2, 0.25) is 6.10 Å². The maximum atomic E-state index is 12.9. The molecule has 3 heterocycles.